The Kier molecular flexibility index (Phi) is 2.73. The minimum atomic E-state index is 0.678. The quantitative estimate of drug-likeness (QED) is 0.862. The van der Waals surface area contributed by atoms with Gasteiger partial charge in [0.15, 0.2) is 0 Å². The Hall–Kier alpha value is -1.88. The van der Waals surface area contributed by atoms with Crippen LogP contribution >= 0.6 is 0 Å². The number of fused-ring (bicyclic) bond motifs is 1. The SMILES string of the molecule is Nc1cccc(CN2CCn3c(nnc3C3CC3)C2)c1. The van der Waals surface area contributed by atoms with Crippen LogP contribution in [0.25, 0.3) is 0 Å². The largest absolute Gasteiger partial charge is 0.399 e. The van der Waals surface area contributed by atoms with E-state index in [0.29, 0.717) is 5.92 Å². The summed E-state index contributed by atoms with van der Waals surface area (Å²) in [5.74, 6) is 3.00. The van der Waals surface area contributed by atoms with Gasteiger partial charge in [-0.15, -0.1) is 10.2 Å². The molecule has 0 bridgehead atoms. The molecule has 0 spiro atoms. The van der Waals surface area contributed by atoms with E-state index >= 15 is 0 Å². The summed E-state index contributed by atoms with van der Waals surface area (Å²) < 4.78 is 2.33. The Morgan fingerprint density at radius 1 is 1.20 bits per heavy atom. The van der Waals surface area contributed by atoms with Gasteiger partial charge in [0.25, 0.3) is 0 Å². The molecule has 1 fully saturated rings. The Morgan fingerprint density at radius 3 is 2.90 bits per heavy atom. The molecule has 5 heteroatoms. The highest BCUT2D eigenvalue weighted by Gasteiger charge is 2.31. The second-order valence-corrected chi connectivity index (χ2v) is 5.86. The normalized spacial score (nSPS) is 19.0. The smallest absolute Gasteiger partial charge is 0.147 e. The van der Waals surface area contributed by atoms with Gasteiger partial charge in [0.05, 0.1) is 6.54 Å². The number of nitrogen functional groups attached to an aromatic ring is 1. The third kappa shape index (κ3) is 2.18. The molecule has 1 aromatic carbocycles. The summed E-state index contributed by atoms with van der Waals surface area (Å²) >= 11 is 0. The van der Waals surface area contributed by atoms with Crippen LogP contribution in [0.2, 0.25) is 0 Å². The van der Waals surface area contributed by atoms with Gasteiger partial charge >= 0.3 is 0 Å². The number of anilines is 1. The maximum absolute atomic E-state index is 5.84. The van der Waals surface area contributed by atoms with Crippen molar-refractivity contribution in [3.63, 3.8) is 0 Å². The highest BCUT2D eigenvalue weighted by atomic mass is 15.3. The van der Waals surface area contributed by atoms with E-state index in [1.165, 1.54) is 24.2 Å². The van der Waals surface area contributed by atoms with Gasteiger partial charge in [-0.3, -0.25) is 4.90 Å². The fraction of sp³-hybridized carbons (Fsp3) is 0.467. The molecule has 1 saturated carbocycles. The van der Waals surface area contributed by atoms with Gasteiger partial charge in [-0.1, -0.05) is 12.1 Å². The highest BCUT2D eigenvalue weighted by Crippen LogP contribution is 2.39. The molecular weight excluding hydrogens is 250 g/mol. The van der Waals surface area contributed by atoms with E-state index in [4.69, 9.17) is 5.73 Å². The summed E-state index contributed by atoms with van der Waals surface area (Å²) in [7, 11) is 0. The van der Waals surface area contributed by atoms with Crippen LogP contribution in [0.15, 0.2) is 24.3 Å². The van der Waals surface area contributed by atoms with E-state index in [1.807, 2.05) is 12.1 Å². The molecule has 1 aliphatic heterocycles. The Balaban J connectivity index is 1.49. The lowest BCUT2D eigenvalue weighted by Gasteiger charge is -2.27. The number of benzene rings is 1. The first-order chi connectivity index (χ1) is 9.79. The fourth-order valence-corrected chi connectivity index (χ4v) is 2.96. The van der Waals surface area contributed by atoms with Crippen LogP contribution < -0.4 is 5.73 Å². The third-order valence-corrected chi connectivity index (χ3v) is 4.16. The number of nitrogens with zero attached hydrogens (tertiary/aromatic N) is 4. The van der Waals surface area contributed by atoms with Crippen LogP contribution in [0.3, 0.4) is 0 Å². The summed E-state index contributed by atoms with van der Waals surface area (Å²) in [5, 5.41) is 8.76. The molecule has 0 unspecified atom stereocenters. The van der Waals surface area contributed by atoms with Gasteiger partial charge in [-0.2, -0.15) is 0 Å². The van der Waals surface area contributed by atoms with E-state index in [2.05, 4.69) is 31.8 Å². The number of hydrogen-bond donors (Lipinski definition) is 1. The highest BCUT2D eigenvalue weighted by molar-refractivity contribution is 5.40. The number of aromatic nitrogens is 3. The van der Waals surface area contributed by atoms with E-state index in [1.54, 1.807) is 0 Å². The molecule has 2 N–H and O–H groups in total. The van der Waals surface area contributed by atoms with Crippen LogP contribution in [0, 0.1) is 0 Å². The van der Waals surface area contributed by atoms with Gasteiger partial charge < -0.3 is 10.3 Å². The molecule has 0 amide bonds. The van der Waals surface area contributed by atoms with Crippen molar-refractivity contribution in [1.29, 1.82) is 0 Å². The molecule has 20 heavy (non-hydrogen) atoms. The predicted octanol–water partition coefficient (Wildman–Crippen LogP) is 1.75. The molecule has 5 nitrogen and oxygen atoms in total. The molecule has 0 atom stereocenters. The van der Waals surface area contributed by atoms with Crippen molar-refractivity contribution in [1.82, 2.24) is 19.7 Å². The van der Waals surface area contributed by atoms with Gasteiger partial charge in [0.1, 0.15) is 11.6 Å². The van der Waals surface area contributed by atoms with Crippen molar-refractivity contribution in [3.05, 3.63) is 41.5 Å². The number of nitrogens with two attached hydrogens (primary N) is 1. The van der Waals surface area contributed by atoms with Crippen LogP contribution in [0.1, 0.15) is 36.0 Å². The summed E-state index contributed by atoms with van der Waals surface area (Å²) in [4.78, 5) is 2.41. The van der Waals surface area contributed by atoms with Gasteiger partial charge in [-0.05, 0) is 30.5 Å². The predicted molar refractivity (Wildman–Crippen MR) is 77.0 cm³/mol. The maximum Gasteiger partial charge on any atom is 0.147 e. The van der Waals surface area contributed by atoms with E-state index in [0.717, 1.165) is 37.7 Å². The average molecular weight is 269 g/mol. The fourth-order valence-electron chi connectivity index (χ4n) is 2.96. The molecule has 2 aliphatic rings. The van der Waals surface area contributed by atoms with E-state index < -0.39 is 0 Å². The maximum atomic E-state index is 5.84. The molecular formula is C15H19N5. The van der Waals surface area contributed by atoms with E-state index in [9.17, 15) is 0 Å². The lowest BCUT2D eigenvalue weighted by atomic mass is 10.2. The zero-order valence-electron chi connectivity index (χ0n) is 11.5. The van der Waals surface area contributed by atoms with Crippen LogP contribution in [0.4, 0.5) is 5.69 Å². The average Bonchev–Trinajstić information content (AvgIpc) is 3.19. The number of hydrogen-bond acceptors (Lipinski definition) is 4. The molecule has 104 valence electrons. The lowest BCUT2D eigenvalue weighted by Crippen LogP contribution is -2.33. The molecule has 0 saturated heterocycles. The van der Waals surface area contributed by atoms with Crippen molar-refractivity contribution in [2.24, 2.45) is 0 Å². The minimum Gasteiger partial charge on any atom is -0.399 e. The minimum absolute atomic E-state index is 0.678. The standard InChI is InChI=1S/C15H19N5/c16-13-3-1-2-11(8-13)9-19-6-7-20-14(10-19)17-18-15(20)12-4-5-12/h1-3,8,12H,4-7,9-10,16H2. The van der Waals surface area contributed by atoms with Gasteiger partial charge in [0, 0.05) is 31.2 Å². The lowest BCUT2D eigenvalue weighted by molar-refractivity contribution is 0.207. The first kappa shape index (κ1) is 11.9. The monoisotopic (exact) mass is 269 g/mol. The van der Waals surface area contributed by atoms with Crippen molar-refractivity contribution >= 4 is 5.69 Å². The van der Waals surface area contributed by atoms with Crippen molar-refractivity contribution in [3.8, 4) is 0 Å². The second-order valence-electron chi connectivity index (χ2n) is 5.86. The van der Waals surface area contributed by atoms with Gasteiger partial charge in [0.2, 0.25) is 0 Å². The van der Waals surface area contributed by atoms with E-state index in [-0.39, 0.29) is 0 Å². The van der Waals surface area contributed by atoms with Crippen molar-refractivity contribution in [2.75, 3.05) is 12.3 Å². The molecule has 1 aromatic heterocycles. The van der Waals surface area contributed by atoms with Crippen molar-refractivity contribution in [2.45, 2.75) is 38.4 Å². The summed E-state index contributed by atoms with van der Waals surface area (Å²) in [5.41, 5.74) is 7.94. The zero-order chi connectivity index (χ0) is 13.5. The summed E-state index contributed by atoms with van der Waals surface area (Å²) in [6, 6.07) is 8.13. The summed E-state index contributed by atoms with van der Waals surface area (Å²) in [6.45, 7) is 3.88. The van der Waals surface area contributed by atoms with Crippen LogP contribution in [0.5, 0.6) is 0 Å². The molecule has 0 radical (unpaired) electrons. The molecule has 2 aromatic rings. The first-order valence-corrected chi connectivity index (χ1v) is 7.28. The molecule has 1 aliphatic carbocycles. The molecule has 4 rings (SSSR count). The van der Waals surface area contributed by atoms with Crippen LogP contribution in [-0.4, -0.2) is 26.2 Å². The third-order valence-electron chi connectivity index (χ3n) is 4.16. The first-order valence-electron chi connectivity index (χ1n) is 7.28. The number of rotatable bonds is 3. The Labute approximate surface area is 118 Å². The second kappa shape index (κ2) is 4.59. The molecule has 2 heterocycles. The topological polar surface area (TPSA) is 60.0 Å². The Morgan fingerprint density at radius 2 is 2.10 bits per heavy atom. The summed E-state index contributed by atoms with van der Waals surface area (Å²) in [6.07, 6.45) is 2.57. The van der Waals surface area contributed by atoms with Gasteiger partial charge in [-0.25, -0.2) is 0 Å². The van der Waals surface area contributed by atoms with Crippen LogP contribution in [-0.2, 0) is 19.6 Å². The zero-order valence-corrected chi connectivity index (χ0v) is 11.5. The van der Waals surface area contributed by atoms with Crippen molar-refractivity contribution < 1.29 is 0 Å². The Bertz CT molecular complexity index is 629.